The fourth-order valence-electron chi connectivity index (χ4n) is 3.91. The van der Waals surface area contributed by atoms with Crippen molar-refractivity contribution in [2.45, 2.75) is 58.7 Å². The van der Waals surface area contributed by atoms with E-state index in [9.17, 15) is 0 Å². The quantitative estimate of drug-likeness (QED) is 0.737. The Hall–Kier alpha value is -2.34. The molecule has 0 aliphatic carbocycles. The molecular weight excluding hydrogens is 338 g/mol. The van der Waals surface area contributed by atoms with Crippen molar-refractivity contribution < 1.29 is 4.42 Å². The van der Waals surface area contributed by atoms with Crippen LogP contribution in [0.2, 0.25) is 0 Å². The fraction of sp³-hybridized carbons (Fsp3) is 0.524. The first kappa shape index (κ1) is 18.0. The van der Waals surface area contributed by atoms with Crippen LogP contribution in [0.5, 0.6) is 0 Å². The van der Waals surface area contributed by atoms with E-state index < -0.39 is 0 Å². The Morgan fingerprint density at radius 2 is 2.11 bits per heavy atom. The molecule has 6 nitrogen and oxygen atoms in total. The zero-order valence-electron chi connectivity index (χ0n) is 16.5. The van der Waals surface area contributed by atoms with Gasteiger partial charge < -0.3 is 14.6 Å². The van der Waals surface area contributed by atoms with Gasteiger partial charge in [-0.15, -0.1) is 0 Å². The molecule has 0 saturated carbocycles. The van der Waals surface area contributed by atoms with Crippen LogP contribution in [0.15, 0.2) is 34.9 Å². The minimum absolute atomic E-state index is 0.433. The number of pyridine rings is 1. The van der Waals surface area contributed by atoms with Crippen LogP contribution in [-0.2, 0) is 6.54 Å². The highest BCUT2D eigenvalue weighted by Gasteiger charge is 2.21. The van der Waals surface area contributed by atoms with E-state index in [1.165, 1.54) is 19.4 Å². The summed E-state index contributed by atoms with van der Waals surface area (Å²) >= 11 is 0. The van der Waals surface area contributed by atoms with Gasteiger partial charge in [-0.2, -0.15) is 0 Å². The third kappa shape index (κ3) is 4.00. The number of likely N-dealkylation sites (tertiary alicyclic amines) is 1. The summed E-state index contributed by atoms with van der Waals surface area (Å²) in [7, 11) is 0. The normalized spacial score (nSPS) is 18.9. The zero-order valence-corrected chi connectivity index (χ0v) is 16.5. The first-order valence-electron chi connectivity index (χ1n) is 9.97. The summed E-state index contributed by atoms with van der Waals surface area (Å²) in [6.07, 6.45) is 5.34. The Morgan fingerprint density at radius 1 is 1.22 bits per heavy atom. The van der Waals surface area contributed by atoms with Crippen molar-refractivity contribution in [1.82, 2.24) is 19.4 Å². The maximum Gasteiger partial charge on any atom is 0.205 e. The van der Waals surface area contributed by atoms with Crippen molar-refractivity contribution in [3.05, 3.63) is 42.0 Å². The van der Waals surface area contributed by atoms with Gasteiger partial charge in [-0.05, 0) is 70.8 Å². The maximum atomic E-state index is 5.80. The molecule has 0 radical (unpaired) electrons. The lowest BCUT2D eigenvalue weighted by Crippen LogP contribution is -2.32. The van der Waals surface area contributed by atoms with Crippen molar-refractivity contribution in [2.75, 3.05) is 18.4 Å². The van der Waals surface area contributed by atoms with Crippen molar-refractivity contribution in [3.63, 3.8) is 0 Å². The van der Waals surface area contributed by atoms with Crippen LogP contribution in [0.25, 0.3) is 11.2 Å². The second-order valence-electron chi connectivity index (χ2n) is 7.78. The van der Waals surface area contributed by atoms with Gasteiger partial charge in [0.2, 0.25) is 5.95 Å². The van der Waals surface area contributed by atoms with Gasteiger partial charge in [0.05, 0.1) is 6.54 Å². The van der Waals surface area contributed by atoms with Crippen molar-refractivity contribution >= 4 is 17.1 Å². The predicted octanol–water partition coefficient (Wildman–Crippen LogP) is 4.06. The number of fused-ring (bicyclic) bond motifs is 1. The summed E-state index contributed by atoms with van der Waals surface area (Å²) in [6, 6.07) is 9.03. The van der Waals surface area contributed by atoms with Gasteiger partial charge in [0.15, 0.2) is 5.65 Å². The van der Waals surface area contributed by atoms with E-state index in [1.807, 2.05) is 37.4 Å². The lowest BCUT2D eigenvalue weighted by molar-refractivity contribution is 0.230. The van der Waals surface area contributed by atoms with E-state index in [1.54, 1.807) is 0 Å². The molecule has 1 fully saturated rings. The molecular formula is C21H29N5O. The van der Waals surface area contributed by atoms with Crippen LogP contribution in [0.3, 0.4) is 0 Å². The number of nitrogens with one attached hydrogen (secondary N) is 1. The fourth-order valence-corrected chi connectivity index (χ4v) is 3.91. The largest absolute Gasteiger partial charge is 0.464 e. The van der Waals surface area contributed by atoms with Gasteiger partial charge in [-0.1, -0.05) is 0 Å². The number of anilines is 1. The van der Waals surface area contributed by atoms with Crippen molar-refractivity contribution in [2.24, 2.45) is 0 Å². The summed E-state index contributed by atoms with van der Waals surface area (Å²) < 4.78 is 7.94. The third-order valence-electron chi connectivity index (χ3n) is 5.44. The molecule has 4 rings (SSSR count). The second kappa shape index (κ2) is 7.72. The van der Waals surface area contributed by atoms with E-state index in [0.29, 0.717) is 18.6 Å². The summed E-state index contributed by atoms with van der Waals surface area (Å²) in [5, 5.41) is 3.71. The lowest BCUT2D eigenvalue weighted by atomic mass is 10.1. The monoisotopic (exact) mass is 367 g/mol. The summed E-state index contributed by atoms with van der Waals surface area (Å²) in [4.78, 5) is 12.0. The van der Waals surface area contributed by atoms with Gasteiger partial charge in [0.1, 0.15) is 17.0 Å². The Bertz CT molecular complexity index is 897. The van der Waals surface area contributed by atoms with E-state index in [-0.39, 0.29) is 0 Å². The average molecular weight is 367 g/mol. The SMILES string of the molecule is Cc1ccc(Cn2c(NC3CCCN(C(C)C)CC3)nc3cccnc32)o1. The topological polar surface area (TPSA) is 59.1 Å². The van der Waals surface area contributed by atoms with Crippen LogP contribution >= 0.6 is 0 Å². The first-order valence-corrected chi connectivity index (χ1v) is 9.97. The van der Waals surface area contributed by atoms with Gasteiger partial charge >= 0.3 is 0 Å². The van der Waals surface area contributed by atoms with E-state index in [0.717, 1.165) is 41.6 Å². The number of hydrogen-bond donors (Lipinski definition) is 1. The molecule has 1 aliphatic rings. The first-order chi connectivity index (χ1) is 13.1. The number of furan rings is 1. The molecule has 6 heteroatoms. The third-order valence-corrected chi connectivity index (χ3v) is 5.44. The number of nitrogens with zero attached hydrogens (tertiary/aromatic N) is 4. The summed E-state index contributed by atoms with van der Waals surface area (Å²) in [6.45, 7) is 9.48. The zero-order chi connectivity index (χ0) is 18.8. The minimum atomic E-state index is 0.433. The molecule has 1 N–H and O–H groups in total. The van der Waals surface area contributed by atoms with E-state index in [2.05, 4.69) is 33.6 Å². The van der Waals surface area contributed by atoms with Gasteiger partial charge in [-0.25, -0.2) is 9.97 Å². The smallest absolute Gasteiger partial charge is 0.205 e. The van der Waals surface area contributed by atoms with Crippen LogP contribution < -0.4 is 5.32 Å². The van der Waals surface area contributed by atoms with Gasteiger partial charge in [-0.3, -0.25) is 4.57 Å². The Morgan fingerprint density at radius 3 is 2.89 bits per heavy atom. The van der Waals surface area contributed by atoms with Crippen LogP contribution in [0.1, 0.15) is 44.6 Å². The highest BCUT2D eigenvalue weighted by atomic mass is 16.3. The number of rotatable bonds is 5. The second-order valence-corrected chi connectivity index (χ2v) is 7.78. The Labute approximate surface area is 160 Å². The number of imidazole rings is 1. The Balaban J connectivity index is 1.58. The van der Waals surface area contributed by atoms with Gasteiger partial charge in [0.25, 0.3) is 0 Å². The van der Waals surface area contributed by atoms with Crippen LogP contribution in [0, 0.1) is 6.92 Å². The molecule has 1 aliphatic heterocycles. The van der Waals surface area contributed by atoms with Crippen LogP contribution in [-0.4, -0.2) is 44.6 Å². The molecule has 27 heavy (non-hydrogen) atoms. The molecule has 1 atom stereocenters. The minimum Gasteiger partial charge on any atom is -0.464 e. The molecule has 3 aromatic rings. The van der Waals surface area contributed by atoms with Crippen LogP contribution in [0.4, 0.5) is 5.95 Å². The average Bonchev–Trinajstić information content (AvgIpc) is 3.11. The van der Waals surface area contributed by atoms with Crippen molar-refractivity contribution in [3.8, 4) is 0 Å². The highest BCUT2D eigenvalue weighted by Crippen LogP contribution is 2.23. The van der Waals surface area contributed by atoms with E-state index in [4.69, 9.17) is 9.40 Å². The molecule has 0 aromatic carbocycles. The van der Waals surface area contributed by atoms with E-state index >= 15 is 0 Å². The molecule has 1 unspecified atom stereocenters. The molecule has 3 aromatic heterocycles. The highest BCUT2D eigenvalue weighted by molar-refractivity contribution is 5.74. The molecule has 1 saturated heterocycles. The number of aromatic nitrogens is 3. The standard InChI is InChI=1S/C21H29N5O/c1-15(2)25-12-5-6-17(10-13-25)23-21-24-19-7-4-11-22-20(19)26(21)14-18-9-8-16(3)27-18/h4,7-9,11,15,17H,5-6,10,12-14H2,1-3H3,(H,23,24). The van der Waals surface area contributed by atoms with Crippen molar-refractivity contribution in [1.29, 1.82) is 0 Å². The lowest BCUT2D eigenvalue weighted by Gasteiger charge is -2.24. The Kier molecular flexibility index (Phi) is 5.16. The molecule has 4 heterocycles. The molecule has 0 amide bonds. The summed E-state index contributed by atoms with van der Waals surface area (Å²) in [5.41, 5.74) is 1.81. The molecule has 144 valence electrons. The molecule has 0 spiro atoms. The number of hydrogen-bond acceptors (Lipinski definition) is 5. The summed E-state index contributed by atoms with van der Waals surface area (Å²) in [5.74, 6) is 2.74. The maximum absolute atomic E-state index is 5.80. The van der Waals surface area contributed by atoms with Gasteiger partial charge in [0, 0.05) is 24.8 Å². The predicted molar refractivity (Wildman–Crippen MR) is 108 cm³/mol. The number of aryl methyl sites for hydroxylation is 1. The molecule has 0 bridgehead atoms.